The summed E-state index contributed by atoms with van der Waals surface area (Å²) in [6.45, 7) is 1.07. The van der Waals surface area contributed by atoms with Crippen molar-refractivity contribution >= 4 is 15.9 Å². The fraction of sp³-hybridized carbons (Fsp3) is 0.615. The molecule has 1 fully saturated rings. The van der Waals surface area contributed by atoms with Crippen LogP contribution in [-0.2, 0) is 0 Å². The Kier molecular flexibility index (Phi) is 4.80. The molecule has 3 nitrogen and oxygen atoms in total. The fourth-order valence-corrected chi connectivity index (χ4v) is 2.56. The van der Waals surface area contributed by atoms with Gasteiger partial charge in [-0.25, -0.2) is 4.98 Å². The van der Waals surface area contributed by atoms with Crippen molar-refractivity contribution in [2.24, 2.45) is 11.8 Å². The third-order valence-corrected chi connectivity index (χ3v) is 3.88. The average molecular weight is 300 g/mol. The highest BCUT2D eigenvalue weighted by molar-refractivity contribution is 9.10. The van der Waals surface area contributed by atoms with Crippen molar-refractivity contribution in [2.45, 2.75) is 25.7 Å². The number of rotatable bonds is 4. The molecule has 4 heteroatoms. The van der Waals surface area contributed by atoms with Crippen LogP contribution in [0.5, 0.6) is 5.88 Å². The second kappa shape index (κ2) is 6.36. The first-order chi connectivity index (χ1) is 8.28. The maximum atomic E-state index is 9.07. The second-order valence-electron chi connectivity index (χ2n) is 4.69. The van der Waals surface area contributed by atoms with Gasteiger partial charge in [-0.1, -0.05) is 15.9 Å². The molecule has 1 aliphatic carbocycles. The third kappa shape index (κ3) is 3.96. The van der Waals surface area contributed by atoms with Crippen LogP contribution < -0.4 is 4.74 Å². The molecule has 0 aliphatic heterocycles. The minimum absolute atomic E-state index is 0.334. The van der Waals surface area contributed by atoms with E-state index in [1.54, 1.807) is 6.20 Å². The maximum Gasteiger partial charge on any atom is 0.214 e. The number of aliphatic hydroxyl groups is 1. The van der Waals surface area contributed by atoms with Crippen molar-refractivity contribution < 1.29 is 9.84 Å². The molecule has 1 heterocycles. The molecule has 94 valence electrons. The van der Waals surface area contributed by atoms with Gasteiger partial charge in [-0.2, -0.15) is 0 Å². The number of nitrogens with zero attached hydrogens (tertiary/aromatic N) is 1. The van der Waals surface area contributed by atoms with Crippen LogP contribution in [0.25, 0.3) is 0 Å². The Morgan fingerprint density at radius 1 is 1.29 bits per heavy atom. The van der Waals surface area contributed by atoms with Crippen LogP contribution in [0, 0.1) is 11.8 Å². The van der Waals surface area contributed by atoms with Crippen LogP contribution >= 0.6 is 15.9 Å². The number of aromatic nitrogens is 1. The lowest BCUT2D eigenvalue weighted by molar-refractivity contribution is 0.137. The molecule has 1 aromatic rings. The van der Waals surface area contributed by atoms with E-state index in [4.69, 9.17) is 9.84 Å². The van der Waals surface area contributed by atoms with Gasteiger partial charge in [-0.15, -0.1) is 0 Å². The van der Waals surface area contributed by atoms with Gasteiger partial charge in [-0.05, 0) is 43.6 Å². The number of ether oxygens (including phenoxy) is 1. The molecule has 0 unspecified atom stereocenters. The van der Waals surface area contributed by atoms with E-state index >= 15 is 0 Å². The molecular formula is C13H18BrNO2. The smallest absolute Gasteiger partial charge is 0.214 e. The Balaban J connectivity index is 1.76. The van der Waals surface area contributed by atoms with Crippen LogP contribution in [0.15, 0.2) is 22.8 Å². The lowest BCUT2D eigenvalue weighted by Gasteiger charge is -2.26. The molecule has 0 atom stereocenters. The van der Waals surface area contributed by atoms with Crippen molar-refractivity contribution in [1.29, 1.82) is 0 Å². The van der Waals surface area contributed by atoms with Gasteiger partial charge < -0.3 is 9.84 Å². The maximum absolute atomic E-state index is 9.07. The number of hydrogen-bond acceptors (Lipinski definition) is 3. The Labute approximate surface area is 110 Å². The van der Waals surface area contributed by atoms with E-state index in [0.29, 0.717) is 24.3 Å². The molecule has 1 N–H and O–H groups in total. The van der Waals surface area contributed by atoms with E-state index in [1.165, 1.54) is 0 Å². The van der Waals surface area contributed by atoms with Gasteiger partial charge in [-0.3, -0.25) is 0 Å². The van der Waals surface area contributed by atoms with Crippen LogP contribution in [0.4, 0.5) is 0 Å². The molecule has 0 spiro atoms. The molecule has 0 radical (unpaired) electrons. The summed E-state index contributed by atoms with van der Waals surface area (Å²) in [4.78, 5) is 4.16. The molecule has 1 aromatic heterocycles. The van der Waals surface area contributed by atoms with E-state index in [-0.39, 0.29) is 0 Å². The monoisotopic (exact) mass is 299 g/mol. The van der Waals surface area contributed by atoms with Gasteiger partial charge in [0.2, 0.25) is 5.88 Å². The Hall–Kier alpha value is -0.610. The van der Waals surface area contributed by atoms with Gasteiger partial charge in [0.05, 0.1) is 6.61 Å². The van der Waals surface area contributed by atoms with Crippen molar-refractivity contribution in [3.05, 3.63) is 22.8 Å². The largest absolute Gasteiger partial charge is 0.477 e. The molecule has 0 bridgehead atoms. The van der Waals surface area contributed by atoms with E-state index in [0.717, 1.165) is 36.8 Å². The summed E-state index contributed by atoms with van der Waals surface area (Å²) in [5, 5.41) is 9.07. The molecule has 17 heavy (non-hydrogen) atoms. The summed E-state index contributed by atoms with van der Waals surface area (Å²) >= 11 is 3.40. The van der Waals surface area contributed by atoms with E-state index in [1.807, 2.05) is 12.1 Å². The van der Waals surface area contributed by atoms with Crippen molar-refractivity contribution in [3.8, 4) is 5.88 Å². The third-order valence-electron chi connectivity index (χ3n) is 3.39. The summed E-state index contributed by atoms with van der Waals surface area (Å²) in [6, 6.07) is 3.78. The first kappa shape index (κ1) is 12.8. The van der Waals surface area contributed by atoms with Gasteiger partial charge in [0.25, 0.3) is 0 Å². The normalized spacial score (nSPS) is 24.6. The standard InChI is InChI=1S/C13H18BrNO2/c14-12-5-6-15-13(7-12)17-9-11-3-1-10(8-16)2-4-11/h5-7,10-11,16H,1-4,8-9H2. The SMILES string of the molecule is OCC1CCC(COc2cc(Br)ccn2)CC1. The van der Waals surface area contributed by atoms with Gasteiger partial charge in [0.1, 0.15) is 0 Å². The van der Waals surface area contributed by atoms with Gasteiger partial charge in [0.15, 0.2) is 0 Å². The highest BCUT2D eigenvalue weighted by Crippen LogP contribution is 2.28. The first-order valence-electron chi connectivity index (χ1n) is 6.13. The topological polar surface area (TPSA) is 42.4 Å². The van der Waals surface area contributed by atoms with E-state index in [2.05, 4.69) is 20.9 Å². The second-order valence-corrected chi connectivity index (χ2v) is 5.61. The number of aliphatic hydroxyl groups excluding tert-OH is 1. The van der Waals surface area contributed by atoms with Crippen LogP contribution in [0.2, 0.25) is 0 Å². The van der Waals surface area contributed by atoms with Gasteiger partial charge >= 0.3 is 0 Å². The van der Waals surface area contributed by atoms with Crippen molar-refractivity contribution in [2.75, 3.05) is 13.2 Å². The minimum atomic E-state index is 0.334. The minimum Gasteiger partial charge on any atom is -0.477 e. The number of hydrogen-bond donors (Lipinski definition) is 1. The molecular weight excluding hydrogens is 282 g/mol. The zero-order chi connectivity index (χ0) is 12.1. The van der Waals surface area contributed by atoms with Gasteiger partial charge in [0, 0.05) is 23.3 Å². The summed E-state index contributed by atoms with van der Waals surface area (Å²) < 4.78 is 6.68. The zero-order valence-corrected chi connectivity index (χ0v) is 11.4. The Bertz CT molecular complexity index is 351. The molecule has 0 aromatic carbocycles. The highest BCUT2D eigenvalue weighted by Gasteiger charge is 2.21. The van der Waals surface area contributed by atoms with Crippen molar-refractivity contribution in [3.63, 3.8) is 0 Å². The zero-order valence-electron chi connectivity index (χ0n) is 9.81. The Morgan fingerprint density at radius 3 is 2.65 bits per heavy atom. The predicted molar refractivity (Wildman–Crippen MR) is 70.0 cm³/mol. The summed E-state index contributed by atoms with van der Waals surface area (Å²) in [5.74, 6) is 1.80. The quantitative estimate of drug-likeness (QED) is 0.929. The van der Waals surface area contributed by atoms with Crippen LogP contribution in [-0.4, -0.2) is 23.3 Å². The average Bonchev–Trinajstić information content (AvgIpc) is 2.37. The van der Waals surface area contributed by atoms with Crippen molar-refractivity contribution in [1.82, 2.24) is 4.98 Å². The van der Waals surface area contributed by atoms with Crippen LogP contribution in [0.3, 0.4) is 0 Å². The molecule has 1 saturated carbocycles. The Morgan fingerprint density at radius 2 is 2.00 bits per heavy atom. The predicted octanol–water partition coefficient (Wildman–Crippen LogP) is 3.02. The fourth-order valence-electron chi connectivity index (χ4n) is 2.25. The van der Waals surface area contributed by atoms with E-state index in [9.17, 15) is 0 Å². The van der Waals surface area contributed by atoms with Crippen LogP contribution in [0.1, 0.15) is 25.7 Å². The molecule has 0 saturated heterocycles. The lowest BCUT2D eigenvalue weighted by atomic mass is 9.83. The lowest BCUT2D eigenvalue weighted by Crippen LogP contribution is -2.21. The molecule has 0 amide bonds. The first-order valence-corrected chi connectivity index (χ1v) is 6.92. The summed E-state index contributed by atoms with van der Waals surface area (Å²) in [7, 11) is 0. The molecule has 2 rings (SSSR count). The summed E-state index contributed by atoms with van der Waals surface area (Å²) in [6.07, 6.45) is 6.29. The number of pyridine rings is 1. The highest BCUT2D eigenvalue weighted by atomic mass is 79.9. The summed E-state index contributed by atoms with van der Waals surface area (Å²) in [5.41, 5.74) is 0. The number of halogens is 1. The molecule has 1 aliphatic rings. The van der Waals surface area contributed by atoms with E-state index < -0.39 is 0 Å².